The Hall–Kier alpha value is -1.65. The van der Waals surface area contributed by atoms with Crippen LogP contribution in [0.3, 0.4) is 0 Å². The van der Waals surface area contributed by atoms with Crippen LogP contribution >= 0.6 is 12.1 Å². The van der Waals surface area contributed by atoms with Crippen LogP contribution in [0.5, 0.6) is 5.88 Å². The fourth-order valence-corrected chi connectivity index (χ4v) is 4.80. The van der Waals surface area contributed by atoms with Gasteiger partial charge in [-0.1, -0.05) is 0 Å². The third-order valence-electron chi connectivity index (χ3n) is 5.45. The van der Waals surface area contributed by atoms with Gasteiger partial charge >= 0.3 is 0 Å². The number of aromatic nitrogens is 3. The highest BCUT2D eigenvalue weighted by Gasteiger charge is 2.54. The summed E-state index contributed by atoms with van der Waals surface area (Å²) in [6.45, 7) is 3.49. The Morgan fingerprint density at radius 1 is 1.46 bits per heavy atom. The largest absolute Gasteiger partial charge is 0.481 e. The van der Waals surface area contributed by atoms with Crippen LogP contribution in [0.15, 0.2) is 12.4 Å². The molecule has 0 aromatic carbocycles. The molecule has 1 spiro atoms. The Morgan fingerprint density at radius 3 is 2.81 bits per heavy atom. The zero-order valence-electron chi connectivity index (χ0n) is 14.7. The van der Waals surface area contributed by atoms with Crippen LogP contribution in [0, 0.1) is 12.3 Å². The Kier molecular flexibility index (Phi) is 4.44. The Labute approximate surface area is 154 Å². The molecule has 3 heterocycles. The van der Waals surface area contributed by atoms with E-state index in [4.69, 9.17) is 9.88 Å². The maximum absolute atomic E-state index is 12.6. The molecule has 1 saturated carbocycles. The first-order chi connectivity index (χ1) is 12.5. The highest BCUT2D eigenvalue weighted by molar-refractivity contribution is 7.94. The van der Waals surface area contributed by atoms with Crippen molar-refractivity contribution < 1.29 is 13.5 Å². The maximum atomic E-state index is 12.6. The van der Waals surface area contributed by atoms with E-state index in [0.717, 1.165) is 55.0 Å². The third-order valence-corrected chi connectivity index (χ3v) is 6.17. The predicted molar refractivity (Wildman–Crippen MR) is 96.4 cm³/mol. The van der Waals surface area contributed by atoms with Crippen LogP contribution in [0.4, 0.5) is 14.6 Å². The van der Waals surface area contributed by atoms with E-state index in [1.54, 1.807) is 15.9 Å². The second-order valence-corrected chi connectivity index (χ2v) is 7.91. The molecule has 26 heavy (non-hydrogen) atoms. The summed E-state index contributed by atoms with van der Waals surface area (Å²) in [5.74, 6) is 1.58. The number of halogens is 2. The van der Waals surface area contributed by atoms with Gasteiger partial charge in [-0.25, -0.2) is 18.1 Å². The number of rotatable bonds is 6. The average molecular weight is 384 g/mol. The topological polar surface area (TPSA) is 71.9 Å². The van der Waals surface area contributed by atoms with E-state index in [9.17, 15) is 8.78 Å². The summed E-state index contributed by atoms with van der Waals surface area (Å²) >= 11 is 0.926. The molecule has 1 aliphatic heterocycles. The number of methoxy groups -OCH3 is 1. The van der Waals surface area contributed by atoms with E-state index in [1.165, 1.54) is 6.33 Å². The number of fused-ring (bicyclic) bond motifs is 1. The van der Waals surface area contributed by atoms with Crippen LogP contribution in [0.1, 0.15) is 18.4 Å². The minimum Gasteiger partial charge on any atom is -0.481 e. The first kappa shape index (κ1) is 17.7. The van der Waals surface area contributed by atoms with Crippen LogP contribution in [-0.2, 0) is 0 Å². The van der Waals surface area contributed by atoms with Crippen molar-refractivity contribution in [1.82, 2.24) is 18.9 Å². The smallest absolute Gasteiger partial charge is 0.252 e. The van der Waals surface area contributed by atoms with Crippen molar-refractivity contribution in [3.63, 3.8) is 0 Å². The van der Waals surface area contributed by atoms with E-state index in [0.29, 0.717) is 5.88 Å². The molecule has 2 aromatic rings. The average Bonchev–Trinajstić information content (AvgIpc) is 2.87. The monoisotopic (exact) mass is 384 g/mol. The zero-order valence-corrected chi connectivity index (χ0v) is 15.5. The number of aryl methyl sites for hydroxylation is 1. The first-order valence-corrected chi connectivity index (χ1v) is 9.34. The van der Waals surface area contributed by atoms with Gasteiger partial charge in [-0.15, -0.1) is 0 Å². The predicted octanol–water partition coefficient (Wildman–Crippen LogP) is 2.10. The van der Waals surface area contributed by atoms with E-state index in [1.807, 2.05) is 13.0 Å². The highest BCUT2D eigenvalue weighted by atomic mass is 32.2. The molecule has 0 bridgehead atoms. The molecule has 10 heteroatoms. The van der Waals surface area contributed by atoms with Crippen LogP contribution in [0.2, 0.25) is 0 Å². The minimum absolute atomic E-state index is 0.127. The molecule has 1 aliphatic carbocycles. The molecule has 142 valence electrons. The molecule has 2 aromatic heterocycles. The molecule has 0 unspecified atom stereocenters. The van der Waals surface area contributed by atoms with Crippen molar-refractivity contribution in [3.8, 4) is 5.88 Å². The second kappa shape index (κ2) is 6.50. The minimum atomic E-state index is -2.36. The quantitative estimate of drug-likeness (QED) is 0.765. The highest BCUT2D eigenvalue weighted by Crippen LogP contribution is 2.52. The summed E-state index contributed by atoms with van der Waals surface area (Å²) in [7, 11) is 1.62. The van der Waals surface area contributed by atoms with E-state index < -0.39 is 6.43 Å². The van der Waals surface area contributed by atoms with Crippen molar-refractivity contribution in [3.05, 3.63) is 18.0 Å². The lowest BCUT2D eigenvalue weighted by atomic mass is 9.60. The lowest BCUT2D eigenvalue weighted by Crippen LogP contribution is -2.66. The number of nitrogens with two attached hydrogens (primary N) is 1. The van der Waals surface area contributed by atoms with Gasteiger partial charge in [-0.2, -0.15) is 9.61 Å². The number of anilines is 1. The SMILES string of the molecule is COc1cc(C)c2c(N3CC4(CC(N(CC(F)F)SN)C4)C3)ncnn12. The molecule has 2 fully saturated rings. The summed E-state index contributed by atoms with van der Waals surface area (Å²) < 4.78 is 34.0. The lowest BCUT2D eigenvalue weighted by molar-refractivity contribution is -0.000237. The molecule has 0 amide bonds. The van der Waals surface area contributed by atoms with Crippen LogP contribution in [0.25, 0.3) is 5.52 Å². The summed E-state index contributed by atoms with van der Waals surface area (Å²) in [6.07, 6.45) is 0.965. The zero-order chi connectivity index (χ0) is 18.5. The van der Waals surface area contributed by atoms with Gasteiger partial charge < -0.3 is 9.64 Å². The summed E-state index contributed by atoms with van der Waals surface area (Å²) in [4.78, 5) is 6.70. The molecule has 0 radical (unpaired) electrons. The molecular formula is C16H22F2N6OS. The summed E-state index contributed by atoms with van der Waals surface area (Å²) in [6, 6.07) is 2.07. The fraction of sp³-hybridized carbons (Fsp3) is 0.625. The Morgan fingerprint density at radius 2 is 2.19 bits per heavy atom. The number of ether oxygens (including phenoxy) is 1. The van der Waals surface area contributed by atoms with E-state index in [-0.39, 0.29) is 18.0 Å². The fourth-order valence-electron chi connectivity index (χ4n) is 4.28. The number of alkyl halides is 2. The van der Waals surface area contributed by atoms with E-state index in [2.05, 4.69) is 15.0 Å². The molecule has 4 rings (SSSR count). The van der Waals surface area contributed by atoms with E-state index >= 15 is 0 Å². The van der Waals surface area contributed by atoms with Gasteiger partial charge in [-0.3, -0.25) is 5.14 Å². The van der Waals surface area contributed by atoms with Crippen molar-refractivity contribution in [1.29, 1.82) is 0 Å². The van der Waals surface area contributed by atoms with Gasteiger partial charge in [0.2, 0.25) is 5.88 Å². The van der Waals surface area contributed by atoms with Gasteiger partial charge in [0.05, 0.1) is 13.7 Å². The molecule has 1 saturated heterocycles. The third kappa shape index (κ3) is 2.80. The Balaban J connectivity index is 1.45. The van der Waals surface area contributed by atoms with Gasteiger partial charge in [0.15, 0.2) is 5.82 Å². The second-order valence-electron chi connectivity index (χ2n) is 7.23. The number of hydrogen-bond donors (Lipinski definition) is 1. The number of hydrogen-bond acceptors (Lipinski definition) is 7. The maximum Gasteiger partial charge on any atom is 0.252 e. The van der Waals surface area contributed by atoms with Crippen molar-refractivity contribution in [2.24, 2.45) is 10.6 Å². The van der Waals surface area contributed by atoms with Gasteiger partial charge in [0, 0.05) is 42.7 Å². The van der Waals surface area contributed by atoms with Crippen molar-refractivity contribution in [2.75, 3.05) is 31.6 Å². The molecular weight excluding hydrogens is 362 g/mol. The lowest BCUT2D eigenvalue weighted by Gasteiger charge is -2.60. The summed E-state index contributed by atoms with van der Waals surface area (Å²) in [5.41, 5.74) is 2.20. The molecule has 2 aliphatic rings. The van der Waals surface area contributed by atoms with Gasteiger partial charge in [0.1, 0.15) is 11.8 Å². The van der Waals surface area contributed by atoms with Gasteiger partial charge in [-0.05, 0) is 25.3 Å². The molecule has 7 nitrogen and oxygen atoms in total. The van der Waals surface area contributed by atoms with Crippen LogP contribution < -0.4 is 14.8 Å². The van der Waals surface area contributed by atoms with Gasteiger partial charge in [0.25, 0.3) is 6.43 Å². The van der Waals surface area contributed by atoms with Crippen molar-refractivity contribution >= 4 is 23.5 Å². The molecule has 0 atom stereocenters. The Bertz CT molecular complexity index is 801. The molecule has 2 N–H and O–H groups in total. The van der Waals surface area contributed by atoms with Crippen molar-refractivity contribution in [2.45, 2.75) is 32.2 Å². The summed E-state index contributed by atoms with van der Waals surface area (Å²) in [5, 5.41) is 9.84. The number of nitrogens with zero attached hydrogens (tertiary/aromatic N) is 5. The first-order valence-electron chi connectivity index (χ1n) is 8.50. The normalized spacial score (nSPS) is 19.4. The van der Waals surface area contributed by atoms with Crippen LogP contribution in [-0.4, -0.2) is 58.1 Å². The standard InChI is InChI=1S/C16H22F2N6OS/c1-10-3-13(25-2)24-14(10)15(20-9-21-24)22-7-16(8-22)4-11(5-16)23(26-19)6-12(17)18/h3,9,11-12H,4-8,19H2,1-2H3.